The number of carbonyl (C=O) groups is 1. The maximum Gasteiger partial charge on any atom is 0.317 e. The summed E-state index contributed by atoms with van der Waals surface area (Å²) >= 11 is 1.61. The van der Waals surface area contributed by atoms with Gasteiger partial charge in [0, 0.05) is 30.1 Å². The van der Waals surface area contributed by atoms with Crippen LogP contribution in [0.5, 0.6) is 5.75 Å². The maximum atomic E-state index is 12.3. The predicted octanol–water partition coefficient (Wildman–Crippen LogP) is 3.16. The number of aromatic nitrogens is 1. The number of hydrogen-bond acceptors (Lipinski definition) is 4. The highest BCUT2D eigenvalue weighted by atomic mass is 32.1. The summed E-state index contributed by atoms with van der Waals surface area (Å²) < 4.78 is 5.44. The SMILES string of the molecule is COc1ccccc1C1CCN(C(=O)NCc2cnc(C)s2)C1. The number of hydrogen-bond donors (Lipinski definition) is 1. The molecule has 0 bridgehead atoms. The van der Waals surface area contributed by atoms with Gasteiger partial charge in [-0.25, -0.2) is 9.78 Å². The largest absolute Gasteiger partial charge is 0.496 e. The highest BCUT2D eigenvalue weighted by Gasteiger charge is 2.28. The van der Waals surface area contributed by atoms with Gasteiger partial charge >= 0.3 is 6.03 Å². The van der Waals surface area contributed by atoms with Crippen molar-refractivity contribution >= 4 is 17.4 Å². The Morgan fingerprint density at radius 2 is 2.30 bits per heavy atom. The molecule has 2 heterocycles. The number of nitrogens with one attached hydrogen (secondary N) is 1. The van der Waals surface area contributed by atoms with Gasteiger partial charge in [0.15, 0.2) is 0 Å². The zero-order chi connectivity index (χ0) is 16.2. The van der Waals surface area contributed by atoms with Crippen LogP contribution in [0, 0.1) is 6.92 Å². The lowest BCUT2D eigenvalue weighted by atomic mass is 9.97. The lowest BCUT2D eigenvalue weighted by Gasteiger charge is -2.18. The summed E-state index contributed by atoms with van der Waals surface area (Å²) in [6.45, 7) is 4.01. The molecule has 5 nitrogen and oxygen atoms in total. The third kappa shape index (κ3) is 3.64. The van der Waals surface area contributed by atoms with Crippen LogP contribution in [0.25, 0.3) is 0 Å². The number of carbonyl (C=O) groups excluding carboxylic acids is 1. The highest BCUT2D eigenvalue weighted by Crippen LogP contribution is 2.33. The van der Waals surface area contributed by atoms with Crippen molar-refractivity contribution in [3.63, 3.8) is 0 Å². The summed E-state index contributed by atoms with van der Waals surface area (Å²) in [5.41, 5.74) is 1.18. The molecule has 1 aromatic heterocycles. The minimum Gasteiger partial charge on any atom is -0.496 e. The van der Waals surface area contributed by atoms with Crippen LogP contribution in [0.4, 0.5) is 4.79 Å². The molecule has 2 amide bonds. The molecule has 1 N–H and O–H groups in total. The fraction of sp³-hybridized carbons (Fsp3) is 0.412. The first-order valence-electron chi connectivity index (χ1n) is 7.74. The van der Waals surface area contributed by atoms with E-state index in [1.54, 1.807) is 18.4 Å². The summed E-state index contributed by atoms with van der Waals surface area (Å²) in [6, 6.07) is 8.05. The Hall–Kier alpha value is -2.08. The van der Waals surface area contributed by atoms with E-state index in [4.69, 9.17) is 4.74 Å². The molecule has 1 aromatic carbocycles. The zero-order valence-corrected chi connectivity index (χ0v) is 14.2. The molecule has 1 fully saturated rings. The zero-order valence-electron chi connectivity index (χ0n) is 13.4. The second-order valence-electron chi connectivity index (χ2n) is 5.68. The minimum absolute atomic E-state index is 0.00606. The lowest BCUT2D eigenvalue weighted by molar-refractivity contribution is 0.208. The van der Waals surface area contributed by atoms with E-state index in [-0.39, 0.29) is 6.03 Å². The predicted molar refractivity (Wildman–Crippen MR) is 91.0 cm³/mol. The number of methoxy groups -OCH3 is 1. The number of urea groups is 1. The van der Waals surface area contributed by atoms with Crippen molar-refractivity contribution in [3.05, 3.63) is 45.9 Å². The van der Waals surface area contributed by atoms with Gasteiger partial charge in [-0.15, -0.1) is 11.3 Å². The summed E-state index contributed by atoms with van der Waals surface area (Å²) in [4.78, 5) is 19.5. The van der Waals surface area contributed by atoms with Crippen molar-refractivity contribution < 1.29 is 9.53 Å². The molecule has 1 aliphatic rings. The highest BCUT2D eigenvalue weighted by molar-refractivity contribution is 7.11. The van der Waals surface area contributed by atoms with E-state index in [9.17, 15) is 4.79 Å². The van der Waals surface area contributed by atoms with Crippen molar-refractivity contribution in [2.75, 3.05) is 20.2 Å². The smallest absolute Gasteiger partial charge is 0.317 e. The van der Waals surface area contributed by atoms with Gasteiger partial charge in [0.2, 0.25) is 0 Å². The molecule has 1 aliphatic heterocycles. The summed E-state index contributed by atoms with van der Waals surface area (Å²) in [6.07, 6.45) is 2.79. The van der Waals surface area contributed by atoms with Crippen molar-refractivity contribution in [1.29, 1.82) is 0 Å². The average molecular weight is 331 g/mol. The Morgan fingerprint density at radius 1 is 1.48 bits per heavy atom. The standard InChI is InChI=1S/C17H21N3O2S/c1-12-18-9-14(23-12)10-19-17(21)20-8-7-13(11-20)15-5-3-4-6-16(15)22-2/h3-6,9,13H,7-8,10-11H2,1-2H3,(H,19,21). The number of thiazole rings is 1. The van der Waals surface area contributed by atoms with Gasteiger partial charge in [0.05, 0.1) is 18.7 Å². The van der Waals surface area contributed by atoms with Crippen LogP contribution >= 0.6 is 11.3 Å². The molecule has 2 aromatic rings. The van der Waals surface area contributed by atoms with Crippen LogP contribution in [-0.2, 0) is 6.54 Å². The molecule has 3 rings (SSSR count). The normalized spacial score (nSPS) is 17.3. The van der Waals surface area contributed by atoms with Crippen molar-refractivity contribution in [1.82, 2.24) is 15.2 Å². The molecular formula is C17H21N3O2S. The first-order valence-corrected chi connectivity index (χ1v) is 8.56. The van der Waals surface area contributed by atoms with Gasteiger partial charge in [-0.1, -0.05) is 18.2 Å². The molecular weight excluding hydrogens is 310 g/mol. The summed E-state index contributed by atoms with van der Waals surface area (Å²) in [7, 11) is 1.69. The molecule has 0 aliphatic carbocycles. The second-order valence-corrected chi connectivity index (χ2v) is 7.00. The van der Waals surface area contributed by atoms with E-state index in [2.05, 4.69) is 16.4 Å². The molecule has 6 heteroatoms. The van der Waals surface area contributed by atoms with E-state index in [1.165, 1.54) is 5.56 Å². The van der Waals surface area contributed by atoms with E-state index < -0.39 is 0 Å². The van der Waals surface area contributed by atoms with E-state index in [1.807, 2.05) is 36.2 Å². The number of likely N-dealkylation sites (tertiary alicyclic amines) is 1. The lowest BCUT2D eigenvalue weighted by Crippen LogP contribution is -2.37. The molecule has 1 atom stereocenters. The third-order valence-corrected chi connectivity index (χ3v) is 5.05. The van der Waals surface area contributed by atoms with Crippen LogP contribution in [0.2, 0.25) is 0 Å². The molecule has 122 valence electrons. The number of ether oxygens (including phenoxy) is 1. The minimum atomic E-state index is -0.00606. The van der Waals surface area contributed by atoms with Gasteiger partial charge < -0.3 is 15.0 Å². The topological polar surface area (TPSA) is 54.5 Å². The molecule has 0 spiro atoms. The number of para-hydroxylation sites is 1. The van der Waals surface area contributed by atoms with E-state index >= 15 is 0 Å². The first-order chi connectivity index (χ1) is 11.2. The fourth-order valence-electron chi connectivity index (χ4n) is 2.96. The van der Waals surface area contributed by atoms with Gasteiger partial charge in [0.25, 0.3) is 0 Å². The molecule has 0 saturated carbocycles. The third-order valence-electron chi connectivity index (χ3n) is 4.14. The van der Waals surface area contributed by atoms with Gasteiger partial charge in [-0.2, -0.15) is 0 Å². The second kappa shape index (κ2) is 7.00. The number of amides is 2. The van der Waals surface area contributed by atoms with Gasteiger partial charge in [-0.05, 0) is 25.0 Å². The van der Waals surface area contributed by atoms with E-state index in [0.29, 0.717) is 12.5 Å². The Kier molecular flexibility index (Phi) is 4.81. The Labute approximate surface area is 140 Å². The Bertz CT molecular complexity index is 686. The first kappa shape index (κ1) is 15.8. The van der Waals surface area contributed by atoms with E-state index in [0.717, 1.165) is 35.1 Å². The van der Waals surface area contributed by atoms with Crippen molar-refractivity contribution in [2.45, 2.75) is 25.8 Å². The number of benzene rings is 1. The monoisotopic (exact) mass is 331 g/mol. The number of nitrogens with zero attached hydrogens (tertiary/aromatic N) is 2. The van der Waals surface area contributed by atoms with Crippen molar-refractivity contribution in [3.8, 4) is 5.75 Å². The molecule has 1 unspecified atom stereocenters. The van der Waals surface area contributed by atoms with Crippen LogP contribution in [0.1, 0.15) is 27.8 Å². The van der Waals surface area contributed by atoms with Gasteiger partial charge in [-0.3, -0.25) is 0 Å². The number of rotatable bonds is 4. The molecule has 0 radical (unpaired) electrons. The molecule has 23 heavy (non-hydrogen) atoms. The summed E-state index contributed by atoms with van der Waals surface area (Å²) in [5, 5.41) is 4.00. The van der Waals surface area contributed by atoms with Gasteiger partial charge in [0.1, 0.15) is 5.75 Å². The Balaban J connectivity index is 1.57. The quantitative estimate of drug-likeness (QED) is 0.936. The Morgan fingerprint density at radius 3 is 3.04 bits per heavy atom. The fourth-order valence-corrected chi connectivity index (χ4v) is 3.70. The van der Waals surface area contributed by atoms with Crippen LogP contribution in [0.3, 0.4) is 0 Å². The molecule has 1 saturated heterocycles. The van der Waals surface area contributed by atoms with Crippen molar-refractivity contribution in [2.24, 2.45) is 0 Å². The van der Waals surface area contributed by atoms with Crippen LogP contribution in [0.15, 0.2) is 30.5 Å². The van der Waals surface area contributed by atoms with Crippen LogP contribution < -0.4 is 10.1 Å². The maximum absolute atomic E-state index is 12.3. The average Bonchev–Trinajstić information content (AvgIpc) is 3.21. The summed E-state index contributed by atoms with van der Waals surface area (Å²) in [5.74, 6) is 1.24. The number of aryl methyl sites for hydroxylation is 1. The van der Waals surface area contributed by atoms with Crippen LogP contribution in [-0.4, -0.2) is 36.1 Å².